The van der Waals surface area contributed by atoms with Gasteiger partial charge in [-0.05, 0) is 19.4 Å². The van der Waals surface area contributed by atoms with E-state index in [1.165, 1.54) is 8.99 Å². The van der Waals surface area contributed by atoms with Gasteiger partial charge in [-0.15, -0.1) is 0 Å². The fourth-order valence-electron chi connectivity index (χ4n) is 3.56. The topological polar surface area (TPSA) is 92.6 Å². The fourth-order valence-corrected chi connectivity index (χ4v) is 4.64. The van der Waals surface area contributed by atoms with Crippen LogP contribution in [0.15, 0.2) is 29.1 Å². The first kappa shape index (κ1) is 21.4. The molecular formula is C20H28N4O4S. The zero-order valence-electron chi connectivity index (χ0n) is 17.0. The van der Waals surface area contributed by atoms with Crippen molar-refractivity contribution in [2.24, 2.45) is 0 Å². The molecule has 0 radical (unpaired) electrons. The van der Waals surface area contributed by atoms with Gasteiger partial charge in [-0.3, -0.25) is 9.59 Å². The largest absolute Gasteiger partial charge is 0.335 e. The van der Waals surface area contributed by atoms with Gasteiger partial charge in [0.1, 0.15) is 0 Å². The number of fused-ring (bicyclic) bond motifs is 1. The molecule has 1 aliphatic heterocycles. The van der Waals surface area contributed by atoms with Crippen molar-refractivity contribution in [1.29, 1.82) is 0 Å². The smallest absolute Gasteiger partial charge is 0.275 e. The van der Waals surface area contributed by atoms with Crippen LogP contribution in [0, 0.1) is 0 Å². The summed E-state index contributed by atoms with van der Waals surface area (Å²) in [5.74, 6) is -0.213. The van der Waals surface area contributed by atoms with E-state index in [1.54, 1.807) is 36.1 Å². The normalized spacial score (nSPS) is 15.7. The van der Waals surface area contributed by atoms with Gasteiger partial charge in [0.2, 0.25) is 10.0 Å². The number of piperazine rings is 1. The number of hydrogen-bond acceptors (Lipinski definition) is 5. The van der Waals surface area contributed by atoms with Crippen LogP contribution in [-0.2, 0) is 16.6 Å². The molecule has 0 bridgehead atoms. The molecule has 2 aromatic rings. The van der Waals surface area contributed by atoms with Crippen molar-refractivity contribution in [2.75, 3.05) is 31.9 Å². The van der Waals surface area contributed by atoms with Gasteiger partial charge < -0.3 is 4.90 Å². The van der Waals surface area contributed by atoms with Crippen molar-refractivity contribution in [3.8, 4) is 0 Å². The first-order valence-electron chi connectivity index (χ1n) is 10.2. The van der Waals surface area contributed by atoms with E-state index in [0.29, 0.717) is 30.4 Å². The van der Waals surface area contributed by atoms with E-state index in [4.69, 9.17) is 0 Å². The molecule has 1 aromatic carbocycles. The molecule has 0 spiro atoms. The highest BCUT2D eigenvalue weighted by atomic mass is 32.2. The second-order valence-corrected chi connectivity index (χ2v) is 9.48. The molecule has 29 heavy (non-hydrogen) atoms. The van der Waals surface area contributed by atoms with E-state index in [-0.39, 0.29) is 36.0 Å². The monoisotopic (exact) mass is 420 g/mol. The molecule has 1 amide bonds. The zero-order valence-corrected chi connectivity index (χ0v) is 17.8. The summed E-state index contributed by atoms with van der Waals surface area (Å²) in [7, 11) is -3.26. The molecule has 1 fully saturated rings. The van der Waals surface area contributed by atoms with Gasteiger partial charge in [0.25, 0.3) is 11.5 Å². The number of nitrogens with zero attached hydrogens (tertiary/aromatic N) is 4. The minimum absolute atomic E-state index is 0.0515. The van der Waals surface area contributed by atoms with Crippen LogP contribution in [0.2, 0.25) is 0 Å². The summed E-state index contributed by atoms with van der Waals surface area (Å²) >= 11 is 0. The van der Waals surface area contributed by atoms with E-state index in [2.05, 4.69) is 12.0 Å². The molecule has 0 unspecified atom stereocenters. The molecule has 8 nitrogen and oxygen atoms in total. The number of carbonyl (C=O) groups is 1. The number of unbranched alkanes of at least 4 members (excludes halogenated alkanes) is 2. The van der Waals surface area contributed by atoms with Gasteiger partial charge in [-0.25, -0.2) is 13.1 Å². The number of hydrogen-bond donors (Lipinski definition) is 0. The maximum absolute atomic E-state index is 13.2. The Morgan fingerprint density at radius 1 is 1.03 bits per heavy atom. The van der Waals surface area contributed by atoms with Crippen LogP contribution >= 0.6 is 0 Å². The molecule has 1 saturated heterocycles. The SMILES string of the molecule is CCCCCn1nc(C(=O)N2CCN(S(=O)(=O)CC)CC2)c2ccccc2c1=O. The van der Waals surface area contributed by atoms with Crippen molar-refractivity contribution >= 4 is 26.7 Å². The third-order valence-corrected chi connectivity index (χ3v) is 7.21. The van der Waals surface area contributed by atoms with E-state index in [9.17, 15) is 18.0 Å². The molecule has 2 heterocycles. The summed E-state index contributed by atoms with van der Waals surface area (Å²) in [5.41, 5.74) is 0.0654. The lowest BCUT2D eigenvalue weighted by molar-refractivity contribution is 0.0691. The molecule has 9 heteroatoms. The molecular weight excluding hydrogens is 392 g/mol. The molecule has 0 atom stereocenters. The zero-order chi connectivity index (χ0) is 21.0. The molecule has 3 rings (SSSR count). The Balaban J connectivity index is 1.89. The Hall–Kier alpha value is -2.26. The number of carbonyl (C=O) groups excluding carboxylic acids is 1. The molecule has 1 aromatic heterocycles. The van der Waals surface area contributed by atoms with Crippen molar-refractivity contribution < 1.29 is 13.2 Å². The third-order valence-electron chi connectivity index (χ3n) is 5.33. The van der Waals surface area contributed by atoms with Crippen LogP contribution in [0.3, 0.4) is 0 Å². The van der Waals surface area contributed by atoms with Gasteiger partial charge in [-0.1, -0.05) is 38.0 Å². The summed E-state index contributed by atoms with van der Waals surface area (Å²) in [6.45, 7) is 5.34. The minimum Gasteiger partial charge on any atom is -0.335 e. The van der Waals surface area contributed by atoms with Crippen molar-refractivity contribution in [3.05, 3.63) is 40.3 Å². The standard InChI is InChI=1S/C20H28N4O4S/c1-3-5-8-11-24-19(25)17-10-7-6-9-16(17)18(21-24)20(26)22-12-14-23(15-13-22)29(27,28)4-2/h6-7,9-10H,3-5,8,11-15H2,1-2H3. The summed E-state index contributed by atoms with van der Waals surface area (Å²) in [5, 5.41) is 5.43. The lowest BCUT2D eigenvalue weighted by atomic mass is 10.1. The molecule has 158 valence electrons. The number of amides is 1. The Bertz CT molecular complexity index is 1040. The number of aryl methyl sites for hydroxylation is 1. The maximum Gasteiger partial charge on any atom is 0.275 e. The quantitative estimate of drug-likeness (QED) is 0.636. The Morgan fingerprint density at radius 3 is 2.31 bits per heavy atom. The summed E-state index contributed by atoms with van der Waals surface area (Å²) in [4.78, 5) is 27.6. The average molecular weight is 421 g/mol. The van der Waals surface area contributed by atoms with Crippen LogP contribution in [0.5, 0.6) is 0 Å². The van der Waals surface area contributed by atoms with Gasteiger partial charge in [0.15, 0.2) is 5.69 Å². The first-order chi connectivity index (χ1) is 13.9. The predicted octanol–water partition coefficient (Wildman–Crippen LogP) is 1.69. The van der Waals surface area contributed by atoms with Crippen LogP contribution in [0.4, 0.5) is 0 Å². The van der Waals surface area contributed by atoms with E-state index in [1.807, 2.05) is 0 Å². The Labute approximate surface area is 171 Å². The van der Waals surface area contributed by atoms with Crippen molar-refractivity contribution in [1.82, 2.24) is 19.0 Å². The first-order valence-corrected chi connectivity index (χ1v) is 11.8. The van der Waals surface area contributed by atoms with Crippen LogP contribution in [0.1, 0.15) is 43.6 Å². The van der Waals surface area contributed by atoms with Crippen LogP contribution in [0.25, 0.3) is 10.8 Å². The number of benzene rings is 1. The molecule has 0 N–H and O–H groups in total. The van der Waals surface area contributed by atoms with Crippen LogP contribution < -0.4 is 5.56 Å². The summed E-state index contributed by atoms with van der Waals surface area (Å²) < 4.78 is 26.9. The van der Waals surface area contributed by atoms with E-state index in [0.717, 1.165) is 19.3 Å². The lowest BCUT2D eigenvalue weighted by Crippen LogP contribution is -2.51. The number of aromatic nitrogens is 2. The third kappa shape index (κ3) is 4.51. The highest BCUT2D eigenvalue weighted by Gasteiger charge is 2.29. The van der Waals surface area contributed by atoms with Gasteiger partial charge in [0, 0.05) is 38.1 Å². The van der Waals surface area contributed by atoms with Gasteiger partial charge in [0.05, 0.1) is 11.1 Å². The Kier molecular flexibility index (Phi) is 6.69. The van der Waals surface area contributed by atoms with Crippen molar-refractivity contribution in [3.63, 3.8) is 0 Å². The number of sulfonamides is 1. The molecule has 1 aliphatic rings. The lowest BCUT2D eigenvalue weighted by Gasteiger charge is -2.33. The Morgan fingerprint density at radius 2 is 1.69 bits per heavy atom. The molecule has 0 saturated carbocycles. The van der Waals surface area contributed by atoms with Crippen LogP contribution in [-0.4, -0.2) is 65.2 Å². The summed E-state index contributed by atoms with van der Waals surface area (Å²) in [6.07, 6.45) is 2.83. The maximum atomic E-state index is 13.2. The van der Waals surface area contributed by atoms with Crippen molar-refractivity contribution in [2.45, 2.75) is 39.7 Å². The highest BCUT2D eigenvalue weighted by molar-refractivity contribution is 7.89. The predicted molar refractivity (Wildman–Crippen MR) is 112 cm³/mol. The fraction of sp³-hybridized carbons (Fsp3) is 0.550. The average Bonchev–Trinajstić information content (AvgIpc) is 2.75. The number of rotatable bonds is 7. The van der Waals surface area contributed by atoms with Gasteiger partial charge >= 0.3 is 0 Å². The van der Waals surface area contributed by atoms with E-state index >= 15 is 0 Å². The second-order valence-electron chi connectivity index (χ2n) is 7.22. The van der Waals surface area contributed by atoms with Gasteiger partial charge in [-0.2, -0.15) is 9.40 Å². The van der Waals surface area contributed by atoms with E-state index < -0.39 is 10.0 Å². The highest BCUT2D eigenvalue weighted by Crippen LogP contribution is 2.17. The summed E-state index contributed by atoms with van der Waals surface area (Å²) in [6, 6.07) is 7.03. The second kappa shape index (κ2) is 9.04. The minimum atomic E-state index is -3.26. The molecule has 0 aliphatic carbocycles.